The summed E-state index contributed by atoms with van der Waals surface area (Å²) < 4.78 is 4.34. The molecule has 1 aliphatic heterocycles. The van der Waals surface area contributed by atoms with Crippen LogP contribution < -0.4 is 10.2 Å². The lowest BCUT2D eigenvalue weighted by Gasteiger charge is -2.35. The molecular formula is C15H25N5OS. The van der Waals surface area contributed by atoms with E-state index in [1.807, 2.05) is 4.90 Å². The largest absolute Gasteiger partial charge is 0.343 e. The molecule has 1 saturated heterocycles. The summed E-state index contributed by atoms with van der Waals surface area (Å²) in [5.74, 6) is 0.914. The van der Waals surface area contributed by atoms with Crippen molar-refractivity contribution in [3.05, 3.63) is 5.82 Å². The van der Waals surface area contributed by atoms with Gasteiger partial charge in [-0.1, -0.05) is 26.2 Å². The van der Waals surface area contributed by atoms with Crippen LogP contribution in [0.5, 0.6) is 0 Å². The Balaban J connectivity index is 1.47. The lowest BCUT2D eigenvalue weighted by Crippen LogP contribution is -2.53. The maximum atomic E-state index is 12.3. The van der Waals surface area contributed by atoms with Crippen LogP contribution in [0.3, 0.4) is 0 Å². The average molecular weight is 323 g/mol. The predicted molar refractivity (Wildman–Crippen MR) is 88.5 cm³/mol. The summed E-state index contributed by atoms with van der Waals surface area (Å²) in [5, 5.41) is 4.19. The van der Waals surface area contributed by atoms with E-state index in [1.54, 1.807) is 0 Å². The Morgan fingerprint density at radius 1 is 1.23 bits per heavy atom. The molecule has 0 unspecified atom stereocenters. The smallest absolute Gasteiger partial charge is 0.317 e. The van der Waals surface area contributed by atoms with Crippen molar-refractivity contribution in [1.29, 1.82) is 0 Å². The number of aryl methyl sites for hydroxylation is 1. The number of urea groups is 1. The lowest BCUT2D eigenvalue weighted by atomic mass is 9.96. The van der Waals surface area contributed by atoms with Gasteiger partial charge in [0, 0.05) is 50.2 Å². The summed E-state index contributed by atoms with van der Waals surface area (Å²) in [6, 6.07) is 0.493. The highest BCUT2D eigenvalue weighted by molar-refractivity contribution is 7.09. The lowest BCUT2D eigenvalue weighted by molar-refractivity contribution is 0.186. The number of carbonyl (C=O) groups excluding carboxylic acids is 1. The van der Waals surface area contributed by atoms with E-state index in [2.05, 4.69) is 26.5 Å². The van der Waals surface area contributed by atoms with Crippen molar-refractivity contribution in [1.82, 2.24) is 19.6 Å². The van der Waals surface area contributed by atoms with Crippen LogP contribution in [-0.2, 0) is 6.42 Å². The molecule has 0 radical (unpaired) electrons. The number of rotatable bonds is 3. The molecule has 2 heterocycles. The van der Waals surface area contributed by atoms with Gasteiger partial charge in [-0.15, -0.1) is 0 Å². The number of piperazine rings is 1. The van der Waals surface area contributed by atoms with Crippen molar-refractivity contribution >= 4 is 22.7 Å². The second-order valence-corrected chi connectivity index (χ2v) is 6.84. The van der Waals surface area contributed by atoms with E-state index in [1.165, 1.54) is 30.8 Å². The van der Waals surface area contributed by atoms with Crippen molar-refractivity contribution in [3.63, 3.8) is 0 Å². The highest BCUT2D eigenvalue weighted by Crippen LogP contribution is 2.20. The zero-order valence-electron chi connectivity index (χ0n) is 13.3. The molecular weight excluding hydrogens is 298 g/mol. The number of nitrogens with zero attached hydrogens (tertiary/aromatic N) is 4. The van der Waals surface area contributed by atoms with Crippen molar-refractivity contribution < 1.29 is 4.79 Å². The van der Waals surface area contributed by atoms with Crippen LogP contribution in [0.1, 0.15) is 44.9 Å². The maximum absolute atomic E-state index is 12.3. The van der Waals surface area contributed by atoms with Crippen LogP contribution in [0.25, 0.3) is 0 Å². The van der Waals surface area contributed by atoms with Gasteiger partial charge in [0.1, 0.15) is 5.82 Å². The number of hydrogen-bond donors (Lipinski definition) is 1. The van der Waals surface area contributed by atoms with Crippen molar-refractivity contribution in [2.24, 2.45) is 0 Å². The Morgan fingerprint density at radius 3 is 2.59 bits per heavy atom. The fraction of sp³-hybridized carbons (Fsp3) is 0.800. The van der Waals surface area contributed by atoms with Gasteiger partial charge in [-0.2, -0.15) is 4.37 Å². The highest BCUT2D eigenvalue weighted by atomic mass is 32.1. The Labute approximate surface area is 136 Å². The standard InChI is InChI=1S/C15H25N5OS/c1-2-13-17-15(22-18-13)20-10-8-19(9-11-20)14(21)16-12-6-4-3-5-7-12/h12H,2-11H2,1H3,(H,16,21). The average Bonchev–Trinajstić information content (AvgIpc) is 3.05. The van der Waals surface area contributed by atoms with E-state index in [-0.39, 0.29) is 6.03 Å². The van der Waals surface area contributed by atoms with Crippen molar-refractivity contribution in [2.75, 3.05) is 31.1 Å². The molecule has 6 nitrogen and oxygen atoms in total. The van der Waals surface area contributed by atoms with Crippen LogP contribution in [0.15, 0.2) is 0 Å². The van der Waals surface area contributed by atoms with Gasteiger partial charge >= 0.3 is 6.03 Å². The van der Waals surface area contributed by atoms with E-state index >= 15 is 0 Å². The van der Waals surface area contributed by atoms with Gasteiger partial charge in [0.25, 0.3) is 0 Å². The molecule has 7 heteroatoms. The third kappa shape index (κ3) is 3.69. The minimum Gasteiger partial charge on any atom is -0.343 e. The van der Waals surface area contributed by atoms with E-state index in [4.69, 9.17) is 0 Å². The molecule has 0 aromatic carbocycles. The van der Waals surface area contributed by atoms with Gasteiger partial charge in [0.2, 0.25) is 5.13 Å². The van der Waals surface area contributed by atoms with Gasteiger partial charge in [0.15, 0.2) is 0 Å². The topological polar surface area (TPSA) is 61.4 Å². The molecule has 0 spiro atoms. The molecule has 3 rings (SSSR count). The third-order valence-electron chi connectivity index (χ3n) is 4.54. The summed E-state index contributed by atoms with van der Waals surface area (Å²) in [6.45, 7) is 5.28. The zero-order valence-corrected chi connectivity index (χ0v) is 14.1. The Bertz CT molecular complexity index is 492. The first-order chi connectivity index (χ1) is 10.8. The molecule has 22 heavy (non-hydrogen) atoms. The van der Waals surface area contributed by atoms with Gasteiger partial charge in [-0.25, -0.2) is 9.78 Å². The fourth-order valence-electron chi connectivity index (χ4n) is 3.13. The zero-order chi connectivity index (χ0) is 15.4. The third-order valence-corrected chi connectivity index (χ3v) is 5.36. The number of anilines is 1. The monoisotopic (exact) mass is 323 g/mol. The normalized spacial score (nSPS) is 20.2. The quantitative estimate of drug-likeness (QED) is 0.927. The first-order valence-electron chi connectivity index (χ1n) is 8.39. The molecule has 2 amide bonds. The minimum absolute atomic E-state index is 0.109. The first-order valence-corrected chi connectivity index (χ1v) is 9.16. The number of amides is 2. The Morgan fingerprint density at radius 2 is 1.95 bits per heavy atom. The highest BCUT2D eigenvalue weighted by Gasteiger charge is 2.25. The number of hydrogen-bond acceptors (Lipinski definition) is 5. The predicted octanol–water partition coefficient (Wildman–Crippen LogP) is 2.26. The van der Waals surface area contributed by atoms with Crippen LogP contribution in [0, 0.1) is 0 Å². The van der Waals surface area contributed by atoms with E-state index < -0.39 is 0 Å². The fourth-order valence-corrected chi connectivity index (χ4v) is 3.93. The molecule has 1 saturated carbocycles. The molecule has 1 N–H and O–H groups in total. The molecule has 0 bridgehead atoms. The number of aromatic nitrogens is 2. The van der Waals surface area contributed by atoms with Crippen LogP contribution >= 0.6 is 11.5 Å². The first kappa shape index (κ1) is 15.5. The Hall–Kier alpha value is -1.37. The summed E-state index contributed by atoms with van der Waals surface area (Å²) in [5.41, 5.74) is 0. The molecule has 0 atom stereocenters. The van der Waals surface area contributed by atoms with E-state index in [0.717, 1.165) is 56.4 Å². The molecule has 1 aliphatic carbocycles. The molecule has 122 valence electrons. The number of nitrogens with one attached hydrogen (secondary N) is 1. The SMILES string of the molecule is CCc1nsc(N2CCN(C(=O)NC3CCCCC3)CC2)n1. The minimum atomic E-state index is 0.109. The second-order valence-electron chi connectivity index (χ2n) is 6.11. The van der Waals surface area contributed by atoms with Crippen LogP contribution in [0.2, 0.25) is 0 Å². The van der Waals surface area contributed by atoms with Gasteiger partial charge in [0.05, 0.1) is 0 Å². The summed E-state index contributed by atoms with van der Waals surface area (Å²) in [4.78, 5) is 21.0. The maximum Gasteiger partial charge on any atom is 0.317 e. The second kappa shape index (κ2) is 7.26. The van der Waals surface area contributed by atoms with E-state index in [0.29, 0.717) is 6.04 Å². The summed E-state index contributed by atoms with van der Waals surface area (Å²) in [7, 11) is 0. The van der Waals surface area contributed by atoms with Crippen molar-refractivity contribution in [2.45, 2.75) is 51.5 Å². The summed E-state index contributed by atoms with van der Waals surface area (Å²) >= 11 is 1.46. The molecule has 1 aromatic heterocycles. The summed E-state index contributed by atoms with van der Waals surface area (Å²) in [6.07, 6.45) is 6.95. The molecule has 1 aromatic rings. The molecule has 2 aliphatic rings. The van der Waals surface area contributed by atoms with Crippen molar-refractivity contribution in [3.8, 4) is 0 Å². The molecule has 2 fully saturated rings. The van der Waals surface area contributed by atoms with E-state index in [9.17, 15) is 4.79 Å². The number of carbonyl (C=O) groups is 1. The van der Waals surface area contributed by atoms with Gasteiger partial charge in [-0.05, 0) is 12.8 Å². The van der Waals surface area contributed by atoms with Crippen LogP contribution in [-0.4, -0.2) is 52.5 Å². The van der Waals surface area contributed by atoms with Crippen LogP contribution in [0.4, 0.5) is 9.93 Å². The Kier molecular flexibility index (Phi) is 5.12. The van der Waals surface area contributed by atoms with Gasteiger partial charge < -0.3 is 15.1 Å². The van der Waals surface area contributed by atoms with Gasteiger partial charge in [-0.3, -0.25) is 0 Å².